The number of carbonyl (C=O) groups is 2. The quantitative estimate of drug-likeness (QED) is 0.715. The van der Waals surface area contributed by atoms with E-state index >= 15 is 0 Å². The van der Waals surface area contributed by atoms with Crippen molar-refractivity contribution in [1.29, 1.82) is 0 Å². The fraction of sp³-hybridized carbons (Fsp3) is 0.400. The fourth-order valence-corrected chi connectivity index (χ4v) is 4.40. The zero-order valence-electron chi connectivity index (χ0n) is 16.3. The first-order valence-corrected chi connectivity index (χ1v) is 11.2. The molecule has 2 heterocycles. The molecule has 3 rings (SSSR count). The highest BCUT2D eigenvalue weighted by atomic mass is 32.2. The SMILES string of the molecule is CCS(=O)(=O)N1CCC(C(=O)NCc2cccc(NC(=O)c3ccco3)c2)CC1. The maximum atomic E-state index is 12.5. The largest absolute Gasteiger partial charge is 0.459 e. The van der Waals surface area contributed by atoms with Gasteiger partial charge in [-0.25, -0.2) is 12.7 Å². The molecule has 0 bridgehead atoms. The lowest BCUT2D eigenvalue weighted by molar-refractivity contribution is -0.126. The first kappa shape index (κ1) is 21.1. The molecule has 2 aromatic rings. The van der Waals surface area contributed by atoms with Gasteiger partial charge in [0.05, 0.1) is 12.0 Å². The monoisotopic (exact) mass is 419 g/mol. The van der Waals surface area contributed by atoms with Gasteiger partial charge in [0.2, 0.25) is 15.9 Å². The summed E-state index contributed by atoms with van der Waals surface area (Å²) in [5.41, 5.74) is 1.46. The molecule has 29 heavy (non-hydrogen) atoms. The average Bonchev–Trinajstić information content (AvgIpc) is 3.27. The van der Waals surface area contributed by atoms with Gasteiger partial charge in [-0.1, -0.05) is 12.1 Å². The van der Waals surface area contributed by atoms with Crippen LogP contribution in [0.2, 0.25) is 0 Å². The van der Waals surface area contributed by atoms with Crippen molar-refractivity contribution in [2.45, 2.75) is 26.3 Å². The van der Waals surface area contributed by atoms with Crippen LogP contribution in [0, 0.1) is 5.92 Å². The van der Waals surface area contributed by atoms with Gasteiger partial charge in [-0.15, -0.1) is 0 Å². The Bertz CT molecular complexity index is 948. The first-order valence-electron chi connectivity index (χ1n) is 9.58. The molecule has 1 aliphatic rings. The van der Waals surface area contributed by atoms with E-state index in [9.17, 15) is 18.0 Å². The summed E-state index contributed by atoms with van der Waals surface area (Å²) in [7, 11) is -3.20. The summed E-state index contributed by atoms with van der Waals surface area (Å²) in [6.45, 7) is 2.71. The second kappa shape index (κ2) is 9.23. The molecule has 1 saturated heterocycles. The Labute approximate surface area is 170 Å². The molecule has 9 heteroatoms. The van der Waals surface area contributed by atoms with Gasteiger partial charge < -0.3 is 15.1 Å². The van der Waals surface area contributed by atoms with Crippen LogP contribution in [-0.4, -0.2) is 43.4 Å². The molecule has 0 spiro atoms. The highest BCUT2D eigenvalue weighted by molar-refractivity contribution is 7.89. The van der Waals surface area contributed by atoms with Gasteiger partial charge >= 0.3 is 0 Å². The van der Waals surface area contributed by atoms with Crippen molar-refractivity contribution in [2.75, 3.05) is 24.2 Å². The number of carbonyl (C=O) groups excluding carboxylic acids is 2. The van der Waals surface area contributed by atoms with Crippen LogP contribution in [0.4, 0.5) is 5.69 Å². The summed E-state index contributed by atoms with van der Waals surface area (Å²) < 4.78 is 30.4. The van der Waals surface area contributed by atoms with E-state index in [1.165, 1.54) is 10.6 Å². The maximum absolute atomic E-state index is 12.5. The summed E-state index contributed by atoms with van der Waals surface area (Å²) >= 11 is 0. The Hall–Kier alpha value is -2.65. The van der Waals surface area contributed by atoms with Crippen LogP contribution >= 0.6 is 0 Å². The van der Waals surface area contributed by atoms with Crippen LogP contribution in [0.3, 0.4) is 0 Å². The molecule has 1 fully saturated rings. The Morgan fingerprint density at radius 2 is 1.93 bits per heavy atom. The molecule has 2 N–H and O–H groups in total. The van der Waals surface area contributed by atoms with Crippen LogP contribution < -0.4 is 10.6 Å². The zero-order valence-corrected chi connectivity index (χ0v) is 17.1. The van der Waals surface area contributed by atoms with Gasteiger partial charge in [-0.3, -0.25) is 9.59 Å². The van der Waals surface area contributed by atoms with Crippen LogP contribution in [0.15, 0.2) is 47.1 Å². The third kappa shape index (κ3) is 5.45. The van der Waals surface area contributed by atoms with E-state index in [0.717, 1.165) is 5.56 Å². The number of amides is 2. The molecule has 156 valence electrons. The number of hydrogen-bond donors (Lipinski definition) is 2. The molecule has 2 amide bonds. The molecule has 1 aliphatic heterocycles. The van der Waals surface area contributed by atoms with Gasteiger partial charge in [-0.05, 0) is 49.6 Å². The van der Waals surface area contributed by atoms with E-state index in [4.69, 9.17) is 4.42 Å². The van der Waals surface area contributed by atoms with Crippen molar-refractivity contribution in [3.63, 3.8) is 0 Å². The summed E-state index contributed by atoms with van der Waals surface area (Å²) in [5, 5.41) is 5.66. The van der Waals surface area contributed by atoms with Crippen LogP contribution in [0.25, 0.3) is 0 Å². The smallest absolute Gasteiger partial charge is 0.291 e. The Morgan fingerprint density at radius 1 is 1.17 bits per heavy atom. The van der Waals surface area contributed by atoms with Crippen molar-refractivity contribution in [3.8, 4) is 0 Å². The normalized spacial score (nSPS) is 15.8. The van der Waals surface area contributed by atoms with Gasteiger partial charge in [0.1, 0.15) is 0 Å². The second-order valence-corrected chi connectivity index (χ2v) is 9.18. The highest BCUT2D eigenvalue weighted by Gasteiger charge is 2.29. The van der Waals surface area contributed by atoms with Gasteiger partial charge in [0.25, 0.3) is 5.91 Å². The number of nitrogens with one attached hydrogen (secondary N) is 2. The van der Waals surface area contributed by atoms with Gasteiger partial charge in [-0.2, -0.15) is 0 Å². The van der Waals surface area contributed by atoms with Gasteiger partial charge in [0.15, 0.2) is 5.76 Å². The minimum Gasteiger partial charge on any atom is -0.459 e. The molecule has 0 atom stereocenters. The topological polar surface area (TPSA) is 109 Å². The maximum Gasteiger partial charge on any atom is 0.291 e. The number of rotatable bonds is 7. The zero-order chi connectivity index (χ0) is 20.9. The fourth-order valence-electron chi connectivity index (χ4n) is 3.27. The summed E-state index contributed by atoms with van der Waals surface area (Å²) in [4.78, 5) is 24.5. The minimum atomic E-state index is -3.20. The van der Waals surface area contributed by atoms with E-state index in [1.54, 1.807) is 37.3 Å². The molecule has 0 unspecified atom stereocenters. The van der Waals surface area contributed by atoms with E-state index < -0.39 is 10.0 Å². The first-order chi connectivity index (χ1) is 13.9. The van der Waals surface area contributed by atoms with E-state index in [-0.39, 0.29) is 29.2 Å². The summed E-state index contributed by atoms with van der Waals surface area (Å²) in [5.74, 6) is -0.315. The number of nitrogens with zero attached hydrogens (tertiary/aromatic N) is 1. The minimum absolute atomic E-state index is 0.0800. The third-order valence-electron chi connectivity index (χ3n) is 4.98. The lowest BCUT2D eigenvalue weighted by Gasteiger charge is -2.30. The lowest BCUT2D eigenvalue weighted by atomic mass is 9.97. The predicted octanol–water partition coefficient (Wildman–Crippen LogP) is 2.21. The van der Waals surface area contributed by atoms with Crippen molar-refractivity contribution in [3.05, 3.63) is 54.0 Å². The highest BCUT2D eigenvalue weighted by Crippen LogP contribution is 2.20. The number of hydrogen-bond acceptors (Lipinski definition) is 5. The predicted molar refractivity (Wildman–Crippen MR) is 109 cm³/mol. The summed E-state index contributed by atoms with van der Waals surface area (Å²) in [6.07, 6.45) is 2.47. The summed E-state index contributed by atoms with van der Waals surface area (Å²) in [6, 6.07) is 10.4. The molecular weight excluding hydrogens is 394 g/mol. The second-order valence-electron chi connectivity index (χ2n) is 6.92. The van der Waals surface area contributed by atoms with E-state index in [2.05, 4.69) is 10.6 Å². The number of piperidine rings is 1. The van der Waals surface area contributed by atoms with Gasteiger partial charge in [0, 0.05) is 31.2 Å². The number of benzene rings is 1. The number of furan rings is 1. The van der Waals surface area contributed by atoms with E-state index in [1.807, 2.05) is 6.07 Å². The Kier molecular flexibility index (Phi) is 6.71. The van der Waals surface area contributed by atoms with Crippen molar-refractivity contribution < 1.29 is 22.4 Å². The molecule has 0 radical (unpaired) electrons. The molecular formula is C20H25N3O5S. The third-order valence-corrected chi connectivity index (χ3v) is 6.86. The van der Waals surface area contributed by atoms with Crippen molar-refractivity contribution in [2.24, 2.45) is 5.92 Å². The molecule has 8 nitrogen and oxygen atoms in total. The van der Waals surface area contributed by atoms with Crippen molar-refractivity contribution in [1.82, 2.24) is 9.62 Å². The molecule has 1 aromatic carbocycles. The Balaban J connectivity index is 1.50. The average molecular weight is 420 g/mol. The Morgan fingerprint density at radius 3 is 2.59 bits per heavy atom. The molecule has 0 saturated carbocycles. The molecule has 0 aliphatic carbocycles. The lowest BCUT2D eigenvalue weighted by Crippen LogP contribution is -2.43. The number of anilines is 1. The standard InChI is InChI=1S/C20H25N3O5S/c1-2-29(26,27)23-10-8-16(9-11-23)19(24)21-14-15-5-3-6-17(13-15)22-20(25)18-7-4-12-28-18/h3-7,12-13,16H,2,8-11,14H2,1H3,(H,21,24)(H,22,25). The van der Waals surface area contributed by atoms with Crippen LogP contribution in [0.1, 0.15) is 35.9 Å². The van der Waals surface area contributed by atoms with E-state index in [0.29, 0.717) is 38.2 Å². The van der Waals surface area contributed by atoms with Crippen molar-refractivity contribution >= 4 is 27.5 Å². The molecule has 1 aromatic heterocycles. The van der Waals surface area contributed by atoms with Crippen LogP contribution in [0.5, 0.6) is 0 Å². The van der Waals surface area contributed by atoms with Crippen LogP contribution in [-0.2, 0) is 21.4 Å². The number of sulfonamides is 1.